The molecule has 0 N–H and O–H groups in total. The van der Waals surface area contributed by atoms with Crippen molar-refractivity contribution < 1.29 is 4.74 Å². The number of hydrogen-bond acceptors (Lipinski definition) is 4. The van der Waals surface area contributed by atoms with Crippen LogP contribution in [0, 0.1) is 11.3 Å². The van der Waals surface area contributed by atoms with Crippen LogP contribution in [0.15, 0.2) is 46.9 Å². The zero-order valence-corrected chi connectivity index (χ0v) is 16.2. The first-order chi connectivity index (χ1) is 12.2. The molecule has 0 aliphatic rings. The molecule has 0 saturated heterocycles. The van der Waals surface area contributed by atoms with E-state index in [1.54, 1.807) is 0 Å². The zero-order valence-electron chi connectivity index (χ0n) is 13.8. The van der Waals surface area contributed by atoms with E-state index < -0.39 is 0 Å². The van der Waals surface area contributed by atoms with E-state index in [0.717, 1.165) is 43.9 Å². The number of allylic oxidation sites excluding steroid dienone is 1. The van der Waals surface area contributed by atoms with Gasteiger partial charge in [-0.05, 0) is 42.8 Å². The summed E-state index contributed by atoms with van der Waals surface area (Å²) in [5.41, 5.74) is 2.33. The number of nitriles is 1. The molecule has 0 saturated carbocycles. The molecule has 3 aromatic rings. The quantitative estimate of drug-likeness (QED) is 0.352. The van der Waals surface area contributed by atoms with Crippen molar-refractivity contribution in [2.75, 3.05) is 6.61 Å². The Kier molecular flexibility index (Phi) is 5.85. The lowest BCUT2D eigenvalue weighted by Gasteiger charge is -2.09. The smallest absolute Gasteiger partial charge is 0.135 e. The van der Waals surface area contributed by atoms with Gasteiger partial charge in [-0.15, -0.1) is 11.3 Å². The maximum atomic E-state index is 9.64. The van der Waals surface area contributed by atoms with Gasteiger partial charge in [0.2, 0.25) is 0 Å². The van der Waals surface area contributed by atoms with Gasteiger partial charge in [0.1, 0.15) is 16.8 Å². The van der Waals surface area contributed by atoms with Crippen LogP contribution >= 0.6 is 27.3 Å². The number of hydrogen-bond donors (Lipinski definition) is 0. The Hall–Kier alpha value is -2.16. The lowest BCUT2D eigenvalue weighted by Crippen LogP contribution is -1.98. The van der Waals surface area contributed by atoms with Gasteiger partial charge in [0.05, 0.1) is 22.4 Å². The number of nitrogens with zero attached hydrogens (tertiary/aromatic N) is 2. The number of unbranched alkanes of at least 4 members (excludes halogenated alkanes) is 1. The topological polar surface area (TPSA) is 45.9 Å². The Morgan fingerprint density at radius 1 is 1.32 bits per heavy atom. The molecule has 1 heterocycles. The van der Waals surface area contributed by atoms with Crippen LogP contribution in [0.4, 0.5) is 0 Å². The van der Waals surface area contributed by atoms with Gasteiger partial charge in [-0.25, -0.2) is 4.98 Å². The number of ether oxygens (including phenoxy) is 1. The molecule has 0 bridgehead atoms. The molecule has 1 aromatic heterocycles. The van der Waals surface area contributed by atoms with Gasteiger partial charge in [-0.1, -0.05) is 41.4 Å². The van der Waals surface area contributed by atoms with Gasteiger partial charge >= 0.3 is 0 Å². The predicted octanol–water partition coefficient (Wildman–Crippen LogP) is 6.30. The second-order valence-corrected chi connectivity index (χ2v) is 7.49. The van der Waals surface area contributed by atoms with Crippen LogP contribution in [0.1, 0.15) is 30.3 Å². The number of halogens is 1. The third-order valence-corrected chi connectivity index (χ3v) is 5.23. The van der Waals surface area contributed by atoms with Crippen LogP contribution < -0.4 is 4.74 Å². The van der Waals surface area contributed by atoms with Crippen LogP contribution in [0.5, 0.6) is 5.75 Å². The number of para-hydroxylation sites is 1. The normalized spacial score (nSPS) is 11.5. The van der Waals surface area contributed by atoms with Crippen LogP contribution in [-0.4, -0.2) is 11.6 Å². The Morgan fingerprint density at radius 2 is 2.16 bits per heavy atom. The first kappa shape index (κ1) is 17.7. The summed E-state index contributed by atoms with van der Waals surface area (Å²) in [6, 6.07) is 16.0. The van der Waals surface area contributed by atoms with Crippen molar-refractivity contribution in [1.29, 1.82) is 5.26 Å². The molecular formula is C20H17BrN2OS. The van der Waals surface area contributed by atoms with E-state index in [4.69, 9.17) is 4.74 Å². The Morgan fingerprint density at radius 3 is 2.92 bits per heavy atom. The second-order valence-electron chi connectivity index (χ2n) is 5.54. The predicted molar refractivity (Wildman–Crippen MR) is 108 cm³/mol. The van der Waals surface area contributed by atoms with Gasteiger partial charge in [0, 0.05) is 10.0 Å². The number of thiazole rings is 1. The summed E-state index contributed by atoms with van der Waals surface area (Å²) < 4.78 is 7.90. The average Bonchev–Trinajstić information content (AvgIpc) is 3.05. The average molecular weight is 413 g/mol. The van der Waals surface area contributed by atoms with E-state index in [9.17, 15) is 5.26 Å². The summed E-state index contributed by atoms with van der Waals surface area (Å²) in [7, 11) is 0. The van der Waals surface area contributed by atoms with E-state index in [0.29, 0.717) is 12.2 Å². The lowest BCUT2D eigenvalue weighted by atomic mass is 10.1. The van der Waals surface area contributed by atoms with Crippen LogP contribution in [0.3, 0.4) is 0 Å². The van der Waals surface area contributed by atoms with E-state index in [1.807, 2.05) is 48.5 Å². The minimum atomic E-state index is 0.541. The fourth-order valence-corrected chi connectivity index (χ4v) is 3.69. The SMILES string of the molecule is CCCCOc1ccc(Br)cc1C=C(C#N)c1nc2ccccc2s1. The summed E-state index contributed by atoms with van der Waals surface area (Å²) in [4.78, 5) is 4.58. The number of aromatic nitrogens is 1. The third-order valence-electron chi connectivity index (χ3n) is 3.67. The maximum absolute atomic E-state index is 9.64. The molecule has 0 radical (unpaired) electrons. The number of rotatable bonds is 6. The minimum Gasteiger partial charge on any atom is -0.493 e. The van der Waals surface area contributed by atoms with E-state index in [2.05, 4.69) is 33.9 Å². The summed E-state index contributed by atoms with van der Waals surface area (Å²) in [5.74, 6) is 0.783. The number of fused-ring (bicyclic) bond motifs is 1. The molecule has 5 heteroatoms. The standard InChI is InChI=1S/C20H17BrN2OS/c1-2-3-10-24-18-9-8-16(21)12-14(18)11-15(13-22)20-23-17-6-4-5-7-19(17)25-20/h4-9,11-12H,2-3,10H2,1H3. The van der Waals surface area contributed by atoms with Gasteiger partial charge in [-0.2, -0.15) is 5.26 Å². The van der Waals surface area contributed by atoms with Gasteiger partial charge < -0.3 is 4.74 Å². The Labute approximate surface area is 159 Å². The summed E-state index contributed by atoms with van der Waals surface area (Å²) in [6.07, 6.45) is 3.93. The highest BCUT2D eigenvalue weighted by Crippen LogP contribution is 2.31. The highest BCUT2D eigenvalue weighted by atomic mass is 79.9. The Balaban J connectivity index is 1.99. The molecule has 0 amide bonds. The molecule has 0 aliphatic carbocycles. The second kappa shape index (κ2) is 8.28. The van der Waals surface area contributed by atoms with Crippen LogP contribution in [-0.2, 0) is 0 Å². The molecule has 2 aromatic carbocycles. The maximum Gasteiger partial charge on any atom is 0.135 e. The van der Waals surface area contributed by atoms with Crippen molar-refractivity contribution in [1.82, 2.24) is 4.98 Å². The molecule has 25 heavy (non-hydrogen) atoms. The monoisotopic (exact) mass is 412 g/mol. The molecule has 126 valence electrons. The van der Waals surface area contributed by atoms with Crippen molar-refractivity contribution in [3.05, 3.63) is 57.5 Å². The third kappa shape index (κ3) is 4.28. The van der Waals surface area contributed by atoms with E-state index >= 15 is 0 Å². The molecule has 3 rings (SSSR count). The molecule has 0 unspecified atom stereocenters. The van der Waals surface area contributed by atoms with Crippen molar-refractivity contribution in [2.24, 2.45) is 0 Å². The molecule has 0 fully saturated rings. The van der Waals surface area contributed by atoms with Crippen LogP contribution in [0.2, 0.25) is 0 Å². The fourth-order valence-electron chi connectivity index (χ4n) is 2.37. The highest BCUT2D eigenvalue weighted by molar-refractivity contribution is 9.10. The van der Waals surface area contributed by atoms with Crippen molar-refractivity contribution in [2.45, 2.75) is 19.8 Å². The van der Waals surface area contributed by atoms with Crippen molar-refractivity contribution in [3.63, 3.8) is 0 Å². The van der Waals surface area contributed by atoms with Gasteiger partial charge in [-0.3, -0.25) is 0 Å². The Bertz CT molecular complexity index is 923. The zero-order chi connectivity index (χ0) is 17.6. The first-order valence-electron chi connectivity index (χ1n) is 8.11. The van der Waals surface area contributed by atoms with Crippen molar-refractivity contribution in [3.8, 4) is 11.8 Å². The largest absolute Gasteiger partial charge is 0.493 e. The van der Waals surface area contributed by atoms with Gasteiger partial charge in [0.15, 0.2) is 0 Å². The van der Waals surface area contributed by atoms with Crippen molar-refractivity contribution >= 4 is 49.1 Å². The summed E-state index contributed by atoms with van der Waals surface area (Å²) in [6.45, 7) is 2.80. The molecule has 0 aliphatic heterocycles. The van der Waals surface area contributed by atoms with Gasteiger partial charge in [0.25, 0.3) is 0 Å². The minimum absolute atomic E-state index is 0.541. The molecule has 0 atom stereocenters. The molecular weight excluding hydrogens is 396 g/mol. The first-order valence-corrected chi connectivity index (χ1v) is 9.72. The number of benzene rings is 2. The fraction of sp³-hybridized carbons (Fsp3) is 0.200. The lowest BCUT2D eigenvalue weighted by molar-refractivity contribution is 0.309. The van der Waals surface area contributed by atoms with Crippen LogP contribution in [0.25, 0.3) is 21.9 Å². The molecule has 0 spiro atoms. The van der Waals surface area contributed by atoms with E-state index in [1.165, 1.54) is 11.3 Å². The summed E-state index contributed by atoms with van der Waals surface area (Å²) >= 11 is 5.02. The summed E-state index contributed by atoms with van der Waals surface area (Å²) in [5, 5.41) is 10.4. The highest BCUT2D eigenvalue weighted by Gasteiger charge is 2.11. The molecule has 3 nitrogen and oxygen atoms in total. The van der Waals surface area contributed by atoms with E-state index in [-0.39, 0.29) is 0 Å².